The summed E-state index contributed by atoms with van der Waals surface area (Å²) in [7, 11) is 0. The third-order valence-electron chi connectivity index (χ3n) is 3.67. The van der Waals surface area contributed by atoms with Gasteiger partial charge in [0.25, 0.3) is 0 Å². The van der Waals surface area contributed by atoms with E-state index < -0.39 is 11.7 Å². The van der Waals surface area contributed by atoms with Gasteiger partial charge in [-0.25, -0.2) is 4.98 Å². The van der Waals surface area contributed by atoms with Crippen molar-refractivity contribution < 1.29 is 13.2 Å². The number of nitrogens with one attached hydrogen (secondary N) is 1. The molecule has 1 aliphatic carbocycles. The van der Waals surface area contributed by atoms with Crippen LogP contribution in [0.4, 0.5) is 13.2 Å². The van der Waals surface area contributed by atoms with Gasteiger partial charge in [0.1, 0.15) is 5.82 Å². The maximum atomic E-state index is 12.4. The van der Waals surface area contributed by atoms with Crippen LogP contribution in [0.5, 0.6) is 0 Å². The standard InChI is InChI=1S/C15H14F3N3/c16-15(17,18)12-7-4-10(5-8-12)6-9-13-19-14(21-20-13)11-2-1-3-11/h4-9,11H,1-3H2,(H,19,20,21). The highest BCUT2D eigenvalue weighted by Gasteiger charge is 2.29. The van der Waals surface area contributed by atoms with Gasteiger partial charge in [-0.2, -0.15) is 18.3 Å². The quantitative estimate of drug-likeness (QED) is 0.918. The summed E-state index contributed by atoms with van der Waals surface area (Å²) < 4.78 is 37.3. The van der Waals surface area contributed by atoms with Gasteiger partial charge < -0.3 is 0 Å². The summed E-state index contributed by atoms with van der Waals surface area (Å²) in [6.07, 6.45) is 2.59. The highest BCUT2D eigenvalue weighted by molar-refractivity contribution is 5.66. The third kappa shape index (κ3) is 3.15. The van der Waals surface area contributed by atoms with E-state index in [2.05, 4.69) is 15.2 Å². The lowest BCUT2D eigenvalue weighted by Crippen LogP contribution is -2.10. The Bertz CT molecular complexity index is 637. The van der Waals surface area contributed by atoms with Crippen molar-refractivity contribution in [2.24, 2.45) is 0 Å². The molecule has 0 saturated heterocycles. The second kappa shape index (κ2) is 5.35. The number of rotatable bonds is 3. The topological polar surface area (TPSA) is 41.6 Å². The largest absolute Gasteiger partial charge is 0.416 e. The smallest absolute Gasteiger partial charge is 0.262 e. The average molecular weight is 293 g/mol. The van der Waals surface area contributed by atoms with Gasteiger partial charge in [-0.3, -0.25) is 5.10 Å². The predicted molar refractivity (Wildman–Crippen MR) is 73.3 cm³/mol. The highest BCUT2D eigenvalue weighted by atomic mass is 19.4. The van der Waals surface area contributed by atoms with Gasteiger partial charge in [0, 0.05) is 5.92 Å². The predicted octanol–water partition coefficient (Wildman–Crippen LogP) is 4.26. The SMILES string of the molecule is FC(F)(F)c1ccc(C=Cc2n[nH]c(C3CCC3)n2)cc1. The molecule has 2 aromatic rings. The fraction of sp³-hybridized carbons (Fsp3) is 0.333. The number of hydrogen-bond acceptors (Lipinski definition) is 2. The molecule has 0 amide bonds. The van der Waals surface area contributed by atoms with E-state index in [1.54, 1.807) is 12.2 Å². The number of aromatic amines is 1. The molecule has 1 aliphatic rings. The normalized spacial score (nSPS) is 16.3. The van der Waals surface area contributed by atoms with Crippen molar-refractivity contribution in [3.05, 3.63) is 47.0 Å². The Morgan fingerprint density at radius 1 is 1.10 bits per heavy atom. The molecule has 1 N–H and O–H groups in total. The molecule has 1 fully saturated rings. The van der Waals surface area contributed by atoms with E-state index in [0.29, 0.717) is 17.3 Å². The van der Waals surface area contributed by atoms with Crippen LogP contribution >= 0.6 is 0 Å². The Labute approximate surface area is 119 Å². The molecule has 6 heteroatoms. The molecule has 1 aromatic heterocycles. The Morgan fingerprint density at radius 2 is 1.81 bits per heavy atom. The second-order valence-corrected chi connectivity index (χ2v) is 5.16. The molecule has 1 heterocycles. The molecule has 0 unspecified atom stereocenters. The minimum atomic E-state index is -4.30. The third-order valence-corrected chi connectivity index (χ3v) is 3.67. The molecule has 0 bridgehead atoms. The first-order valence-electron chi connectivity index (χ1n) is 6.80. The van der Waals surface area contributed by atoms with Gasteiger partial charge in [0.15, 0.2) is 5.82 Å². The van der Waals surface area contributed by atoms with E-state index in [0.717, 1.165) is 30.8 Å². The molecular formula is C15H14F3N3. The first kappa shape index (κ1) is 13.9. The number of halogens is 3. The van der Waals surface area contributed by atoms with Crippen molar-refractivity contribution in [2.75, 3.05) is 0 Å². The van der Waals surface area contributed by atoms with E-state index in [1.165, 1.54) is 18.6 Å². The van der Waals surface area contributed by atoms with E-state index >= 15 is 0 Å². The van der Waals surface area contributed by atoms with E-state index in [9.17, 15) is 13.2 Å². The lowest BCUT2D eigenvalue weighted by atomic mass is 9.85. The Kier molecular flexibility index (Phi) is 3.53. The summed E-state index contributed by atoms with van der Waals surface area (Å²) >= 11 is 0. The summed E-state index contributed by atoms with van der Waals surface area (Å²) in [5.74, 6) is 1.93. The van der Waals surface area contributed by atoms with Gasteiger partial charge in [-0.05, 0) is 36.6 Å². The summed E-state index contributed by atoms with van der Waals surface area (Å²) in [5.41, 5.74) is 0.0304. The first-order chi connectivity index (χ1) is 10.0. The van der Waals surface area contributed by atoms with E-state index in [-0.39, 0.29) is 0 Å². The van der Waals surface area contributed by atoms with E-state index in [4.69, 9.17) is 0 Å². The summed E-state index contributed by atoms with van der Waals surface area (Å²) in [6, 6.07) is 4.99. The zero-order valence-electron chi connectivity index (χ0n) is 11.2. The molecule has 3 rings (SSSR count). The second-order valence-electron chi connectivity index (χ2n) is 5.16. The number of hydrogen-bond donors (Lipinski definition) is 1. The average Bonchev–Trinajstić information content (AvgIpc) is 2.82. The molecule has 1 aromatic carbocycles. The van der Waals surface area contributed by atoms with Crippen molar-refractivity contribution in [1.82, 2.24) is 15.2 Å². The van der Waals surface area contributed by atoms with Crippen molar-refractivity contribution in [3.8, 4) is 0 Å². The van der Waals surface area contributed by atoms with Crippen LogP contribution < -0.4 is 0 Å². The number of nitrogens with zero attached hydrogens (tertiary/aromatic N) is 2. The zero-order chi connectivity index (χ0) is 14.9. The molecule has 3 nitrogen and oxygen atoms in total. The van der Waals surface area contributed by atoms with Gasteiger partial charge in [-0.15, -0.1) is 0 Å². The lowest BCUT2D eigenvalue weighted by Gasteiger charge is -2.22. The monoisotopic (exact) mass is 293 g/mol. The maximum absolute atomic E-state index is 12.4. The number of aromatic nitrogens is 3. The maximum Gasteiger partial charge on any atom is 0.416 e. The van der Waals surface area contributed by atoms with Gasteiger partial charge in [-0.1, -0.05) is 24.6 Å². The summed E-state index contributed by atoms with van der Waals surface area (Å²) in [5, 5.41) is 7.00. The molecule has 110 valence electrons. The van der Waals surface area contributed by atoms with E-state index in [1.807, 2.05) is 0 Å². The van der Waals surface area contributed by atoms with Gasteiger partial charge in [0.05, 0.1) is 5.56 Å². The van der Waals surface area contributed by atoms with Crippen LogP contribution in [0.2, 0.25) is 0 Å². The van der Waals surface area contributed by atoms with Crippen LogP contribution in [-0.2, 0) is 6.18 Å². The van der Waals surface area contributed by atoms with Crippen LogP contribution in [0.1, 0.15) is 48.0 Å². The molecule has 0 radical (unpaired) electrons. The van der Waals surface area contributed by atoms with Crippen molar-refractivity contribution in [1.29, 1.82) is 0 Å². The Morgan fingerprint density at radius 3 is 2.38 bits per heavy atom. The Balaban J connectivity index is 1.69. The molecule has 0 atom stereocenters. The Hall–Kier alpha value is -2.11. The molecule has 21 heavy (non-hydrogen) atoms. The van der Waals surface area contributed by atoms with Crippen molar-refractivity contribution in [2.45, 2.75) is 31.4 Å². The van der Waals surface area contributed by atoms with Crippen LogP contribution in [0.15, 0.2) is 24.3 Å². The van der Waals surface area contributed by atoms with Crippen LogP contribution in [0.3, 0.4) is 0 Å². The van der Waals surface area contributed by atoms with Crippen LogP contribution in [0, 0.1) is 0 Å². The number of alkyl halides is 3. The first-order valence-corrected chi connectivity index (χ1v) is 6.80. The highest BCUT2D eigenvalue weighted by Crippen LogP contribution is 2.34. The van der Waals surface area contributed by atoms with Crippen molar-refractivity contribution in [3.63, 3.8) is 0 Å². The van der Waals surface area contributed by atoms with Crippen LogP contribution in [-0.4, -0.2) is 15.2 Å². The summed E-state index contributed by atoms with van der Waals surface area (Å²) in [4.78, 5) is 4.37. The number of H-pyrrole nitrogens is 1. The molecular weight excluding hydrogens is 279 g/mol. The fourth-order valence-corrected chi connectivity index (χ4v) is 2.18. The minimum absolute atomic E-state index is 0.478. The fourth-order valence-electron chi connectivity index (χ4n) is 2.18. The van der Waals surface area contributed by atoms with Crippen LogP contribution in [0.25, 0.3) is 12.2 Å². The van der Waals surface area contributed by atoms with Gasteiger partial charge in [0.2, 0.25) is 0 Å². The molecule has 1 saturated carbocycles. The molecule has 0 spiro atoms. The zero-order valence-corrected chi connectivity index (χ0v) is 11.2. The van der Waals surface area contributed by atoms with Crippen molar-refractivity contribution >= 4 is 12.2 Å². The molecule has 0 aliphatic heterocycles. The van der Waals surface area contributed by atoms with Gasteiger partial charge >= 0.3 is 6.18 Å². The number of benzene rings is 1. The summed E-state index contributed by atoms with van der Waals surface area (Å²) in [6.45, 7) is 0. The lowest BCUT2D eigenvalue weighted by molar-refractivity contribution is -0.137. The minimum Gasteiger partial charge on any atom is -0.262 e.